The number of alkyl halides is 3. The summed E-state index contributed by atoms with van der Waals surface area (Å²) in [6, 6.07) is 3.47. The molecule has 176 valence electrons. The number of thiazole rings is 1. The van der Waals surface area contributed by atoms with Crippen LogP contribution in [0.3, 0.4) is 0 Å². The summed E-state index contributed by atoms with van der Waals surface area (Å²) < 4.78 is 47.1. The second kappa shape index (κ2) is 9.76. The van der Waals surface area contributed by atoms with E-state index >= 15 is 0 Å². The minimum atomic E-state index is -4.45. The normalized spacial score (nSPS) is 13.9. The van der Waals surface area contributed by atoms with Crippen LogP contribution in [0.1, 0.15) is 42.1 Å². The molecule has 1 N–H and O–H groups in total. The van der Waals surface area contributed by atoms with Crippen LogP contribution in [0.25, 0.3) is 10.9 Å². The van der Waals surface area contributed by atoms with E-state index in [0.29, 0.717) is 46.4 Å². The van der Waals surface area contributed by atoms with Gasteiger partial charge < -0.3 is 9.30 Å². The molecule has 1 amide bonds. The zero-order valence-electron chi connectivity index (χ0n) is 17.8. The molecule has 3 aromatic rings. The van der Waals surface area contributed by atoms with Gasteiger partial charge in [-0.25, -0.2) is 4.98 Å². The number of thioether (sulfide) groups is 1. The van der Waals surface area contributed by atoms with Crippen LogP contribution in [0.4, 0.5) is 18.3 Å². The molecule has 0 radical (unpaired) electrons. The zero-order chi connectivity index (χ0) is 23.6. The quantitative estimate of drug-likeness (QED) is 0.298. The van der Waals surface area contributed by atoms with Crippen LogP contribution in [0.2, 0.25) is 0 Å². The molecule has 11 heteroatoms. The van der Waals surface area contributed by atoms with E-state index < -0.39 is 17.6 Å². The Morgan fingerprint density at radius 3 is 2.82 bits per heavy atom. The number of carbonyl (C=O) groups is 2. The highest BCUT2D eigenvalue weighted by atomic mass is 32.2. The second-order valence-electron chi connectivity index (χ2n) is 7.71. The van der Waals surface area contributed by atoms with Crippen molar-refractivity contribution in [1.82, 2.24) is 9.55 Å². The lowest BCUT2D eigenvalue weighted by atomic mass is 10.1. The molecule has 0 aliphatic heterocycles. The average Bonchev–Trinajstić information content (AvgIpc) is 3.34. The van der Waals surface area contributed by atoms with Crippen molar-refractivity contribution in [3.63, 3.8) is 0 Å². The fraction of sp³-hybridized carbons (Fsp3) is 0.409. The van der Waals surface area contributed by atoms with Crippen LogP contribution in [0.5, 0.6) is 0 Å². The van der Waals surface area contributed by atoms with Gasteiger partial charge in [-0.15, -0.1) is 11.8 Å². The van der Waals surface area contributed by atoms with Gasteiger partial charge in [0, 0.05) is 29.4 Å². The second-order valence-corrected chi connectivity index (χ2v) is 10.1. The molecule has 2 heterocycles. The van der Waals surface area contributed by atoms with Crippen LogP contribution >= 0.6 is 23.1 Å². The Labute approximate surface area is 196 Å². The molecule has 1 aromatic carbocycles. The minimum Gasteiger partial charge on any atom is -0.466 e. The summed E-state index contributed by atoms with van der Waals surface area (Å²) in [5, 5.41) is 3.60. The van der Waals surface area contributed by atoms with Crippen LogP contribution < -0.4 is 5.32 Å². The van der Waals surface area contributed by atoms with E-state index in [4.69, 9.17) is 4.74 Å². The predicted molar refractivity (Wildman–Crippen MR) is 122 cm³/mol. The summed E-state index contributed by atoms with van der Waals surface area (Å²) in [5.41, 5.74) is -0.0242. The third-order valence-electron chi connectivity index (χ3n) is 5.17. The molecule has 33 heavy (non-hydrogen) atoms. The number of amides is 1. The van der Waals surface area contributed by atoms with Crippen molar-refractivity contribution in [3.05, 3.63) is 41.7 Å². The molecular weight excluding hydrogens is 475 g/mol. The van der Waals surface area contributed by atoms with Crippen molar-refractivity contribution in [2.75, 3.05) is 17.7 Å². The number of benzene rings is 1. The Balaban J connectivity index is 1.49. The van der Waals surface area contributed by atoms with Crippen molar-refractivity contribution < 1.29 is 27.5 Å². The number of nitrogens with one attached hydrogen (secondary N) is 1. The fourth-order valence-corrected chi connectivity index (χ4v) is 5.26. The van der Waals surface area contributed by atoms with Gasteiger partial charge in [-0.2, -0.15) is 13.2 Å². The first-order valence-corrected chi connectivity index (χ1v) is 12.3. The first kappa shape index (κ1) is 23.6. The van der Waals surface area contributed by atoms with Gasteiger partial charge in [0.1, 0.15) is 0 Å². The standard InChI is InChI=1S/C22H22F3N3O3S2/c1-2-31-18(29)7-8-32-19-10-26-21(33-19)27-20(30)16-12-28(11-13-3-4-13)17-9-14(22(23,24)25)5-6-15(16)17/h5-6,9-10,12-13H,2-4,7-8,11H2,1H3,(H,26,27,30). The minimum absolute atomic E-state index is 0.265. The molecule has 0 atom stereocenters. The maximum atomic E-state index is 13.2. The lowest BCUT2D eigenvalue weighted by molar-refractivity contribution is -0.142. The Kier molecular flexibility index (Phi) is 6.99. The van der Waals surface area contributed by atoms with Gasteiger partial charge in [0.05, 0.1) is 34.6 Å². The monoisotopic (exact) mass is 497 g/mol. The van der Waals surface area contributed by atoms with Gasteiger partial charge in [0.15, 0.2) is 5.13 Å². The number of esters is 1. The number of fused-ring (bicyclic) bond motifs is 1. The lowest BCUT2D eigenvalue weighted by Gasteiger charge is -2.08. The molecular formula is C22H22F3N3O3S2. The SMILES string of the molecule is CCOC(=O)CCSc1cnc(NC(=O)c2cn(CC3CC3)c3cc(C(F)(F)F)ccc23)s1. The van der Waals surface area contributed by atoms with Crippen molar-refractivity contribution >= 4 is 51.0 Å². The fourth-order valence-electron chi connectivity index (χ4n) is 3.40. The Morgan fingerprint density at radius 1 is 1.33 bits per heavy atom. The van der Waals surface area contributed by atoms with Crippen molar-refractivity contribution in [3.8, 4) is 0 Å². The maximum absolute atomic E-state index is 13.2. The highest BCUT2D eigenvalue weighted by Gasteiger charge is 2.32. The smallest absolute Gasteiger partial charge is 0.416 e. The number of hydrogen-bond acceptors (Lipinski definition) is 6. The van der Waals surface area contributed by atoms with Crippen LogP contribution in [0.15, 0.2) is 34.8 Å². The molecule has 1 aliphatic carbocycles. The van der Waals surface area contributed by atoms with Crippen LogP contribution in [0, 0.1) is 5.92 Å². The van der Waals surface area contributed by atoms with Gasteiger partial charge in [0.2, 0.25) is 0 Å². The number of aromatic nitrogens is 2. The summed E-state index contributed by atoms with van der Waals surface area (Å²) in [5.74, 6) is 0.273. The van der Waals surface area contributed by atoms with Gasteiger partial charge in [-0.1, -0.05) is 17.4 Å². The third-order valence-corrected chi connectivity index (χ3v) is 7.28. The Bertz CT molecular complexity index is 1170. The van der Waals surface area contributed by atoms with E-state index in [9.17, 15) is 22.8 Å². The van der Waals surface area contributed by atoms with Gasteiger partial charge >= 0.3 is 12.1 Å². The summed E-state index contributed by atoms with van der Waals surface area (Å²) in [6.07, 6.45) is 1.14. The number of anilines is 1. The molecule has 2 aromatic heterocycles. The molecule has 1 aliphatic rings. The lowest BCUT2D eigenvalue weighted by Crippen LogP contribution is -2.11. The number of nitrogens with zero attached hydrogens (tertiary/aromatic N) is 2. The van der Waals surface area contributed by atoms with Crippen molar-refractivity contribution in [1.29, 1.82) is 0 Å². The molecule has 0 saturated heterocycles. The van der Waals surface area contributed by atoms with E-state index in [0.717, 1.165) is 29.2 Å². The Morgan fingerprint density at radius 2 is 2.12 bits per heavy atom. The predicted octanol–water partition coefficient (Wildman–Crippen LogP) is 5.82. The van der Waals surface area contributed by atoms with E-state index in [1.165, 1.54) is 29.2 Å². The molecule has 0 bridgehead atoms. The van der Waals surface area contributed by atoms with Gasteiger partial charge in [0.25, 0.3) is 5.91 Å². The molecule has 1 fully saturated rings. The van der Waals surface area contributed by atoms with Crippen molar-refractivity contribution in [2.45, 2.75) is 43.1 Å². The van der Waals surface area contributed by atoms with E-state index in [1.54, 1.807) is 23.9 Å². The van der Waals surface area contributed by atoms with E-state index in [1.807, 2.05) is 0 Å². The number of carbonyl (C=O) groups excluding carboxylic acids is 2. The number of ether oxygens (including phenoxy) is 1. The molecule has 0 unspecified atom stereocenters. The third kappa shape index (κ3) is 5.89. The van der Waals surface area contributed by atoms with Crippen LogP contribution in [-0.4, -0.2) is 33.8 Å². The first-order valence-electron chi connectivity index (χ1n) is 10.5. The molecule has 6 nitrogen and oxygen atoms in total. The highest BCUT2D eigenvalue weighted by molar-refractivity contribution is 8.01. The van der Waals surface area contributed by atoms with E-state index in [2.05, 4.69) is 10.3 Å². The maximum Gasteiger partial charge on any atom is 0.416 e. The zero-order valence-corrected chi connectivity index (χ0v) is 19.4. The highest BCUT2D eigenvalue weighted by Crippen LogP contribution is 2.36. The Hall–Kier alpha value is -2.53. The molecule has 0 spiro atoms. The summed E-state index contributed by atoms with van der Waals surface area (Å²) in [4.78, 5) is 28.6. The number of hydrogen-bond donors (Lipinski definition) is 1. The summed E-state index contributed by atoms with van der Waals surface area (Å²) in [7, 11) is 0. The first-order chi connectivity index (χ1) is 15.7. The summed E-state index contributed by atoms with van der Waals surface area (Å²) in [6.45, 7) is 2.68. The van der Waals surface area contributed by atoms with Crippen LogP contribution in [-0.2, 0) is 22.3 Å². The van der Waals surface area contributed by atoms with Gasteiger partial charge in [-0.3, -0.25) is 14.9 Å². The van der Waals surface area contributed by atoms with E-state index in [-0.39, 0.29) is 12.4 Å². The number of halogens is 3. The van der Waals surface area contributed by atoms with Crippen molar-refractivity contribution in [2.24, 2.45) is 5.92 Å². The molecule has 4 rings (SSSR count). The molecule has 1 saturated carbocycles. The summed E-state index contributed by atoms with van der Waals surface area (Å²) >= 11 is 2.71. The number of rotatable bonds is 9. The largest absolute Gasteiger partial charge is 0.466 e. The topological polar surface area (TPSA) is 73.2 Å². The van der Waals surface area contributed by atoms with Gasteiger partial charge in [-0.05, 0) is 37.8 Å². The average molecular weight is 498 g/mol.